The summed E-state index contributed by atoms with van der Waals surface area (Å²) in [6.07, 6.45) is 0. The van der Waals surface area contributed by atoms with E-state index in [0.717, 1.165) is 28.6 Å². The Morgan fingerprint density at radius 3 is 2.20 bits per heavy atom. The SMILES string of the molecule is CC(CN)N(C)S(=O)(=O)c1ccc(SC(F)(F)F)cc1. The zero-order valence-electron chi connectivity index (χ0n) is 10.9. The van der Waals surface area contributed by atoms with Crippen molar-refractivity contribution < 1.29 is 21.6 Å². The van der Waals surface area contributed by atoms with Crippen LogP contribution in [0.4, 0.5) is 13.2 Å². The van der Waals surface area contributed by atoms with E-state index in [-0.39, 0.29) is 28.1 Å². The number of sulfonamides is 1. The van der Waals surface area contributed by atoms with E-state index in [9.17, 15) is 21.6 Å². The smallest absolute Gasteiger partial charge is 0.329 e. The van der Waals surface area contributed by atoms with Gasteiger partial charge in [0.15, 0.2) is 0 Å². The highest BCUT2D eigenvalue weighted by atomic mass is 32.2. The summed E-state index contributed by atoms with van der Waals surface area (Å²) in [7, 11) is -2.37. The Balaban J connectivity index is 2.98. The summed E-state index contributed by atoms with van der Waals surface area (Å²) in [6.45, 7) is 1.79. The second kappa shape index (κ2) is 6.33. The molecule has 0 radical (unpaired) electrons. The molecule has 0 aliphatic rings. The van der Waals surface area contributed by atoms with E-state index in [4.69, 9.17) is 5.73 Å². The van der Waals surface area contributed by atoms with Crippen LogP contribution >= 0.6 is 11.8 Å². The van der Waals surface area contributed by atoms with Crippen LogP contribution in [0.2, 0.25) is 0 Å². The molecule has 9 heteroatoms. The van der Waals surface area contributed by atoms with Crippen molar-refractivity contribution in [3.05, 3.63) is 24.3 Å². The number of nitrogens with two attached hydrogens (primary N) is 1. The van der Waals surface area contributed by atoms with Gasteiger partial charge in [0.05, 0.1) is 4.90 Å². The number of hydrogen-bond acceptors (Lipinski definition) is 4. The first-order valence-corrected chi connectivity index (χ1v) is 7.87. The number of nitrogens with zero attached hydrogens (tertiary/aromatic N) is 1. The largest absolute Gasteiger partial charge is 0.446 e. The first-order chi connectivity index (χ1) is 9.08. The number of halogens is 3. The lowest BCUT2D eigenvalue weighted by Gasteiger charge is -2.23. The van der Waals surface area contributed by atoms with Gasteiger partial charge in [-0.05, 0) is 43.0 Å². The van der Waals surface area contributed by atoms with Crippen LogP contribution in [0.3, 0.4) is 0 Å². The van der Waals surface area contributed by atoms with Gasteiger partial charge in [0.1, 0.15) is 0 Å². The van der Waals surface area contributed by atoms with Gasteiger partial charge in [-0.3, -0.25) is 0 Å². The van der Waals surface area contributed by atoms with Crippen LogP contribution in [0.5, 0.6) is 0 Å². The van der Waals surface area contributed by atoms with Crippen molar-refractivity contribution >= 4 is 21.8 Å². The molecule has 0 fully saturated rings. The van der Waals surface area contributed by atoms with Crippen molar-refractivity contribution in [2.75, 3.05) is 13.6 Å². The van der Waals surface area contributed by atoms with E-state index in [0.29, 0.717) is 0 Å². The molecule has 1 rings (SSSR count). The lowest BCUT2D eigenvalue weighted by molar-refractivity contribution is -0.0328. The third-order valence-corrected chi connectivity index (χ3v) is 5.42. The zero-order chi connectivity index (χ0) is 15.6. The highest BCUT2D eigenvalue weighted by molar-refractivity contribution is 8.00. The van der Waals surface area contributed by atoms with Gasteiger partial charge >= 0.3 is 5.51 Å². The number of rotatable bonds is 5. The average molecular weight is 328 g/mol. The van der Waals surface area contributed by atoms with Gasteiger partial charge in [-0.2, -0.15) is 17.5 Å². The molecule has 0 amide bonds. The molecule has 0 aliphatic carbocycles. The van der Waals surface area contributed by atoms with Crippen molar-refractivity contribution in [3.8, 4) is 0 Å². The Labute approximate surface area is 120 Å². The maximum absolute atomic E-state index is 12.2. The second-order valence-electron chi connectivity index (χ2n) is 4.13. The topological polar surface area (TPSA) is 63.4 Å². The highest BCUT2D eigenvalue weighted by Crippen LogP contribution is 2.37. The summed E-state index contributed by atoms with van der Waals surface area (Å²) in [4.78, 5) is -0.127. The summed E-state index contributed by atoms with van der Waals surface area (Å²) in [5.41, 5.74) is 1.01. The second-order valence-corrected chi connectivity index (χ2v) is 7.26. The molecule has 4 nitrogen and oxygen atoms in total. The molecule has 0 bridgehead atoms. The van der Waals surface area contributed by atoms with Crippen molar-refractivity contribution in [1.82, 2.24) is 4.31 Å². The minimum Gasteiger partial charge on any atom is -0.329 e. The third-order valence-electron chi connectivity index (χ3n) is 2.70. The summed E-state index contributed by atoms with van der Waals surface area (Å²) in [5.74, 6) is 0. The van der Waals surface area contributed by atoms with Gasteiger partial charge in [-0.15, -0.1) is 0 Å². The molecule has 1 atom stereocenters. The van der Waals surface area contributed by atoms with E-state index < -0.39 is 21.6 Å². The van der Waals surface area contributed by atoms with Crippen LogP contribution in [-0.2, 0) is 10.0 Å². The zero-order valence-corrected chi connectivity index (χ0v) is 12.5. The molecule has 114 valence electrons. The molecule has 0 saturated heterocycles. The number of likely N-dealkylation sites (N-methyl/N-ethyl adjacent to an activating group) is 1. The predicted molar refractivity (Wildman–Crippen MR) is 71.8 cm³/mol. The maximum Gasteiger partial charge on any atom is 0.446 e. The van der Waals surface area contributed by atoms with Gasteiger partial charge in [-0.25, -0.2) is 8.42 Å². The molecule has 0 aliphatic heterocycles. The van der Waals surface area contributed by atoms with Crippen LogP contribution < -0.4 is 5.73 Å². The van der Waals surface area contributed by atoms with E-state index in [1.807, 2.05) is 0 Å². The van der Waals surface area contributed by atoms with Gasteiger partial charge < -0.3 is 5.73 Å². The van der Waals surface area contributed by atoms with Crippen molar-refractivity contribution in [3.63, 3.8) is 0 Å². The van der Waals surface area contributed by atoms with Gasteiger partial charge in [0, 0.05) is 24.5 Å². The molecule has 2 N–H and O–H groups in total. The fourth-order valence-electron chi connectivity index (χ4n) is 1.36. The molecule has 1 aromatic rings. The van der Waals surface area contributed by atoms with E-state index >= 15 is 0 Å². The van der Waals surface area contributed by atoms with Crippen LogP contribution in [0.1, 0.15) is 6.92 Å². The van der Waals surface area contributed by atoms with Crippen LogP contribution in [-0.4, -0.2) is 37.9 Å². The van der Waals surface area contributed by atoms with Crippen LogP contribution in [0, 0.1) is 0 Å². The minimum atomic E-state index is -4.40. The number of benzene rings is 1. The summed E-state index contributed by atoms with van der Waals surface area (Å²) in [6, 6.07) is 4.17. The molecule has 0 saturated carbocycles. The average Bonchev–Trinajstić information content (AvgIpc) is 2.35. The maximum atomic E-state index is 12.2. The molecule has 20 heavy (non-hydrogen) atoms. The van der Waals surface area contributed by atoms with E-state index in [1.165, 1.54) is 7.05 Å². The van der Waals surface area contributed by atoms with Gasteiger partial charge in [0.2, 0.25) is 10.0 Å². The van der Waals surface area contributed by atoms with Crippen molar-refractivity contribution in [2.24, 2.45) is 5.73 Å². The molecular formula is C11H15F3N2O2S2. The fraction of sp³-hybridized carbons (Fsp3) is 0.455. The number of thioether (sulfide) groups is 1. The highest BCUT2D eigenvalue weighted by Gasteiger charge is 2.30. The first-order valence-electron chi connectivity index (χ1n) is 5.62. The Kier molecular flexibility index (Phi) is 5.47. The van der Waals surface area contributed by atoms with Crippen LogP contribution in [0.25, 0.3) is 0 Å². The lowest BCUT2D eigenvalue weighted by Crippen LogP contribution is -2.39. The molecule has 0 spiro atoms. The van der Waals surface area contributed by atoms with Crippen LogP contribution in [0.15, 0.2) is 34.1 Å². The third kappa shape index (κ3) is 4.37. The number of hydrogen-bond donors (Lipinski definition) is 1. The predicted octanol–water partition coefficient (Wildman–Crippen LogP) is 2.27. The Hall–Kier alpha value is -0.770. The standard InChI is InChI=1S/C11H15F3N2O2S2/c1-8(7-15)16(2)20(17,18)10-5-3-9(4-6-10)19-11(12,13)14/h3-6,8H,7,15H2,1-2H3. The Morgan fingerprint density at radius 1 is 1.30 bits per heavy atom. The summed E-state index contributed by atoms with van der Waals surface area (Å²) in [5, 5.41) is 0. The quantitative estimate of drug-likeness (QED) is 0.842. The molecule has 0 heterocycles. The summed E-state index contributed by atoms with van der Waals surface area (Å²) < 4.78 is 62.0. The normalized spacial score (nSPS) is 14.6. The lowest BCUT2D eigenvalue weighted by atomic mass is 10.4. The van der Waals surface area contributed by atoms with Gasteiger partial charge in [0.25, 0.3) is 0 Å². The van der Waals surface area contributed by atoms with E-state index in [1.54, 1.807) is 6.92 Å². The molecular weight excluding hydrogens is 313 g/mol. The van der Waals surface area contributed by atoms with Crippen molar-refractivity contribution in [2.45, 2.75) is 28.3 Å². The Morgan fingerprint density at radius 2 is 1.80 bits per heavy atom. The molecule has 1 aromatic carbocycles. The molecule has 0 aromatic heterocycles. The van der Waals surface area contributed by atoms with Gasteiger partial charge in [-0.1, -0.05) is 0 Å². The Bertz CT molecular complexity index is 544. The van der Waals surface area contributed by atoms with E-state index in [2.05, 4.69) is 0 Å². The first kappa shape index (κ1) is 17.3. The molecule has 1 unspecified atom stereocenters. The monoisotopic (exact) mass is 328 g/mol. The fourth-order valence-corrected chi connectivity index (χ4v) is 3.28. The minimum absolute atomic E-state index is 0.0631. The summed E-state index contributed by atoms with van der Waals surface area (Å²) >= 11 is -0.289. The van der Waals surface area contributed by atoms with Crippen molar-refractivity contribution in [1.29, 1.82) is 0 Å². The number of alkyl halides is 3.